The fourth-order valence-corrected chi connectivity index (χ4v) is 1.94. The second kappa shape index (κ2) is 5.69. The van der Waals surface area contributed by atoms with Gasteiger partial charge in [-0.3, -0.25) is 0 Å². The molecule has 5 nitrogen and oxygen atoms in total. The Kier molecular flexibility index (Phi) is 4.13. The lowest BCUT2D eigenvalue weighted by Gasteiger charge is -2.08. The molecule has 0 aliphatic carbocycles. The van der Waals surface area contributed by atoms with Gasteiger partial charge in [0.2, 0.25) is 0 Å². The minimum Gasteiger partial charge on any atom is -0.485 e. The number of allylic oxidation sites excluding steroid dienone is 1. The molecule has 0 unspecified atom stereocenters. The zero-order valence-corrected chi connectivity index (χ0v) is 12.3. The predicted molar refractivity (Wildman–Crippen MR) is 79.2 cm³/mol. The van der Waals surface area contributed by atoms with E-state index in [9.17, 15) is 9.18 Å². The number of aromatic carboxylic acids is 1. The lowest BCUT2D eigenvalue weighted by molar-refractivity contribution is 0.0696. The summed E-state index contributed by atoms with van der Waals surface area (Å²) in [6.07, 6.45) is 0. The quantitative estimate of drug-likeness (QED) is 0.756. The number of ether oxygens (including phenoxy) is 1. The summed E-state index contributed by atoms with van der Waals surface area (Å²) in [7, 11) is 0. The number of hydrogen-bond acceptors (Lipinski definition) is 5. The van der Waals surface area contributed by atoms with Crippen LogP contribution in [-0.4, -0.2) is 17.7 Å². The maximum atomic E-state index is 14.4. The average Bonchev–Trinajstić information content (AvgIpc) is 2.74. The number of hydrogen-bond donors (Lipinski definition) is 3. The molecular weight excluding hydrogens is 297 g/mol. The highest BCUT2D eigenvalue weighted by atomic mass is 32.1. The first kappa shape index (κ1) is 15.2. The van der Waals surface area contributed by atoms with Gasteiger partial charge in [0, 0.05) is 10.6 Å². The largest absolute Gasteiger partial charge is 0.485 e. The molecule has 0 radical (unpaired) electrons. The maximum Gasteiger partial charge on any atom is 0.340 e. The molecule has 2 aromatic rings. The lowest BCUT2D eigenvalue weighted by atomic mass is 10.1. The highest BCUT2D eigenvalue weighted by molar-refractivity contribution is 7.84. The van der Waals surface area contributed by atoms with Gasteiger partial charge in [0.05, 0.1) is 5.39 Å². The Labute approximate surface area is 125 Å². The molecule has 1 aromatic heterocycles. The summed E-state index contributed by atoms with van der Waals surface area (Å²) in [6, 6.07) is 2.84. The van der Waals surface area contributed by atoms with Crippen LogP contribution in [0.1, 0.15) is 23.0 Å². The molecule has 2 rings (SSSR count). The minimum atomic E-state index is -1.25. The molecule has 0 fully saturated rings. The number of benzene rings is 1. The van der Waals surface area contributed by atoms with Crippen LogP contribution in [0.4, 0.5) is 4.39 Å². The van der Waals surface area contributed by atoms with Crippen LogP contribution < -0.4 is 10.5 Å². The van der Waals surface area contributed by atoms with Crippen molar-refractivity contribution in [2.24, 2.45) is 5.73 Å². The number of rotatable bonds is 4. The van der Waals surface area contributed by atoms with Crippen LogP contribution in [0.15, 0.2) is 27.2 Å². The number of fused-ring (bicyclic) bond motifs is 1. The number of nitrogens with two attached hydrogens (primary N) is 1. The predicted octanol–water partition coefficient (Wildman–Crippen LogP) is 3.08. The van der Waals surface area contributed by atoms with Crippen LogP contribution in [0.5, 0.6) is 5.75 Å². The van der Waals surface area contributed by atoms with Gasteiger partial charge < -0.3 is 20.0 Å². The van der Waals surface area contributed by atoms with Crippen molar-refractivity contribution in [2.45, 2.75) is 13.8 Å². The van der Waals surface area contributed by atoms with E-state index in [-0.39, 0.29) is 34.6 Å². The average molecular weight is 311 g/mol. The summed E-state index contributed by atoms with van der Waals surface area (Å²) < 4.78 is 25.0. The van der Waals surface area contributed by atoms with Crippen molar-refractivity contribution >= 4 is 29.6 Å². The molecule has 21 heavy (non-hydrogen) atoms. The standard InChI is InChI=1S/C14H14FNO4S/c1-6(16)10(21)5-19-9-4-3-8-12(13(9)15)11(14(17)18)7(2)20-8/h3-4,21H,5,16H2,1-2H3,(H,17,18)/b10-6-. The van der Waals surface area contributed by atoms with E-state index < -0.39 is 11.8 Å². The summed E-state index contributed by atoms with van der Waals surface area (Å²) in [5.41, 5.74) is 5.95. The molecular formula is C14H14FNO4S. The van der Waals surface area contributed by atoms with Gasteiger partial charge in [0.15, 0.2) is 11.6 Å². The van der Waals surface area contributed by atoms with Gasteiger partial charge in [-0.1, -0.05) is 0 Å². The monoisotopic (exact) mass is 311 g/mol. The van der Waals surface area contributed by atoms with Crippen LogP contribution in [0.2, 0.25) is 0 Å². The third kappa shape index (κ3) is 2.82. The van der Waals surface area contributed by atoms with E-state index in [1.807, 2.05) is 0 Å². The number of halogens is 1. The van der Waals surface area contributed by atoms with Crippen LogP contribution in [0.25, 0.3) is 11.0 Å². The van der Waals surface area contributed by atoms with E-state index in [2.05, 4.69) is 12.6 Å². The van der Waals surface area contributed by atoms with Gasteiger partial charge in [0.25, 0.3) is 0 Å². The number of carbonyl (C=O) groups is 1. The maximum absolute atomic E-state index is 14.4. The molecule has 1 aromatic carbocycles. The third-order valence-electron chi connectivity index (χ3n) is 2.97. The fraction of sp³-hybridized carbons (Fsp3) is 0.214. The smallest absolute Gasteiger partial charge is 0.340 e. The van der Waals surface area contributed by atoms with Crippen LogP contribution in [0, 0.1) is 12.7 Å². The number of aryl methyl sites for hydroxylation is 1. The molecule has 112 valence electrons. The third-order valence-corrected chi connectivity index (χ3v) is 3.45. The Hall–Kier alpha value is -2.15. The molecule has 0 bridgehead atoms. The highest BCUT2D eigenvalue weighted by Crippen LogP contribution is 2.33. The zero-order valence-electron chi connectivity index (χ0n) is 11.4. The first-order valence-corrected chi connectivity index (χ1v) is 6.49. The molecule has 0 aliphatic heterocycles. The molecule has 0 amide bonds. The van der Waals surface area contributed by atoms with Crippen molar-refractivity contribution in [3.05, 3.63) is 39.9 Å². The van der Waals surface area contributed by atoms with Gasteiger partial charge in [-0.2, -0.15) is 0 Å². The Balaban J connectivity index is 2.48. The number of carboxylic acids is 1. The lowest BCUT2D eigenvalue weighted by Crippen LogP contribution is -2.05. The molecule has 0 saturated carbocycles. The number of thiol groups is 1. The summed E-state index contributed by atoms with van der Waals surface area (Å²) in [5, 5.41) is 9.05. The van der Waals surface area contributed by atoms with Crippen molar-refractivity contribution in [3.8, 4) is 5.75 Å². The fourth-order valence-electron chi connectivity index (χ4n) is 1.88. The van der Waals surface area contributed by atoms with Crippen molar-refractivity contribution in [2.75, 3.05) is 6.61 Å². The zero-order chi connectivity index (χ0) is 15.7. The van der Waals surface area contributed by atoms with Crippen molar-refractivity contribution < 1.29 is 23.4 Å². The van der Waals surface area contributed by atoms with Gasteiger partial charge in [0.1, 0.15) is 23.5 Å². The molecule has 1 heterocycles. The van der Waals surface area contributed by atoms with Crippen LogP contribution >= 0.6 is 12.6 Å². The summed E-state index contributed by atoms with van der Waals surface area (Å²) in [4.78, 5) is 11.7. The van der Waals surface area contributed by atoms with Crippen molar-refractivity contribution in [1.82, 2.24) is 0 Å². The van der Waals surface area contributed by atoms with Crippen molar-refractivity contribution in [3.63, 3.8) is 0 Å². The van der Waals surface area contributed by atoms with Gasteiger partial charge in [-0.25, -0.2) is 9.18 Å². The normalized spacial score (nSPS) is 12.4. The van der Waals surface area contributed by atoms with E-state index in [0.29, 0.717) is 10.6 Å². The Morgan fingerprint density at radius 2 is 2.19 bits per heavy atom. The highest BCUT2D eigenvalue weighted by Gasteiger charge is 2.23. The van der Waals surface area contributed by atoms with Crippen LogP contribution in [0.3, 0.4) is 0 Å². The molecule has 0 spiro atoms. The summed E-state index contributed by atoms with van der Waals surface area (Å²) in [6.45, 7) is 3.11. The minimum absolute atomic E-state index is 0.00684. The first-order valence-electron chi connectivity index (χ1n) is 6.04. The second-order valence-corrected chi connectivity index (χ2v) is 5.05. The molecule has 3 N–H and O–H groups in total. The Morgan fingerprint density at radius 1 is 1.52 bits per heavy atom. The van der Waals surface area contributed by atoms with E-state index in [0.717, 1.165) is 0 Å². The van der Waals surface area contributed by atoms with Crippen LogP contribution in [-0.2, 0) is 0 Å². The van der Waals surface area contributed by atoms with E-state index in [1.165, 1.54) is 19.1 Å². The van der Waals surface area contributed by atoms with Gasteiger partial charge >= 0.3 is 5.97 Å². The Bertz CT molecular complexity index is 747. The second-order valence-electron chi connectivity index (χ2n) is 4.51. The summed E-state index contributed by atoms with van der Waals surface area (Å²) in [5.74, 6) is -1.98. The molecule has 7 heteroatoms. The summed E-state index contributed by atoms with van der Waals surface area (Å²) >= 11 is 4.11. The van der Waals surface area contributed by atoms with Crippen molar-refractivity contribution in [1.29, 1.82) is 0 Å². The first-order chi connectivity index (χ1) is 9.82. The molecule has 0 aliphatic rings. The molecule has 0 saturated heterocycles. The van der Waals surface area contributed by atoms with E-state index >= 15 is 0 Å². The molecule has 0 atom stereocenters. The van der Waals surface area contributed by atoms with E-state index in [1.54, 1.807) is 6.92 Å². The van der Waals surface area contributed by atoms with E-state index in [4.69, 9.17) is 20.0 Å². The number of furan rings is 1. The topological polar surface area (TPSA) is 85.7 Å². The van der Waals surface area contributed by atoms with Gasteiger partial charge in [-0.05, 0) is 26.0 Å². The van der Waals surface area contributed by atoms with Gasteiger partial charge in [-0.15, -0.1) is 12.6 Å². The Morgan fingerprint density at radius 3 is 2.76 bits per heavy atom. The SMILES string of the molecule is C/C(N)=C(/S)COc1ccc2oc(C)c(C(=O)O)c2c1F. The number of carboxylic acid groups (broad SMARTS) is 1.